The number of amides is 1. The van der Waals surface area contributed by atoms with Gasteiger partial charge in [-0.25, -0.2) is 4.98 Å². The number of carbonyl (C=O) groups is 1. The maximum Gasteiger partial charge on any atom is 0.251 e. The van der Waals surface area contributed by atoms with Gasteiger partial charge >= 0.3 is 0 Å². The van der Waals surface area contributed by atoms with Gasteiger partial charge in [0.1, 0.15) is 11.6 Å². The second kappa shape index (κ2) is 9.94. The molecule has 0 radical (unpaired) electrons. The Hall–Kier alpha value is -3.60. The average Bonchev–Trinajstić information content (AvgIpc) is 3.18. The molecule has 0 aliphatic heterocycles. The van der Waals surface area contributed by atoms with Crippen LogP contribution in [0.1, 0.15) is 28.2 Å². The van der Waals surface area contributed by atoms with Gasteiger partial charge in [0.25, 0.3) is 5.91 Å². The van der Waals surface area contributed by atoms with Crippen LogP contribution in [0.15, 0.2) is 78.9 Å². The van der Waals surface area contributed by atoms with Crippen molar-refractivity contribution < 1.29 is 9.53 Å². The second-order valence-corrected chi connectivity index (χ2v) is 7.50. The number of nitrogens with zero attached hydrogens (tertiary/aromatic N) is 2. The summed E-state index contributed by atoms with van der Waals surface area (Å²) in [5, 5.41) is 3.00. The van der Waals surface area contributed by atoms with Crippen molar-refractivity contribution in [3.05, 3.63) is 95.8 Å². The molecule has 158 valence electrons. The van der Waals surface area contributed by atoms with Crippen molar-refractivity contribution in [3.63, 3.8) is 0 Å². The molecule has 0 fully saturated rings. The van der Waals surface area contributed by atoms with Gasteiger partial charge in [0, 0.05) is 25.1 Å². The highest BCUT2D eigenvalue weighted by Crippen LogP contribution is 2.18. The van der Waals surface area contributed by atoms with Crippen molar-refractivity contribution in [2.75, 3.05) is 13.7 Å². The Kier molecular flexibility index (Phi) is 6.62. The van der Waals surface area contributed by atoms with Gasteiger partial charge in [0.05, 0.1) is 18.1 Å². The largest absolute Gasteiger partial charge is 0.497 e. The molecular weight excluding hydrogens is 386 g/mol. The van der Waals surface area contributed by atoms with Gasteiger partial charge in [-0.3, -0.25) is 4.79 Å². The zero-order valence-electron chi connectivity index (χ0n) is 17.8. The van der Waals surface area contributed by atoms with Crippen LogP contribution in [0.5, 0.6) is 5.75 Å². The number of aromatic nitrogens is 2. The van der Waals surface area contributed by atoms with Crippen molar-refractivity contribution in [1.29, 1.82) is 0 Å². The monoisotopic (exact) mass is 413 g/mol. The van der Waals surface area contributed by atoms with Gasteiger partial charge in [0.2, 0.25) is 0 Å². The summed E-state index contributed by atoms with van der Waals surface area (Å²) in [6.45, 7) is 1.48. The summed E-state index contributed by atoms with van der Waals surface area (Å²) in [5.74, 6) is 1.66. The summed E-state index contributed by atoms with van der Waals surface area (Å²) in [6, 6.07) is 26.0. The number of ether oxygens (including phenoxy) is 1. The highest BCUT2D eigenvalue weighted by atomic mass is 16.5. The quantitative estimate of drug-likeness (QED) is 0.406. The van der Waals surface area contributed by atoms with Crippen molar-refractivity contribution in [3.8, 4) is 5.75 Å². The van der Waals surface area contributed by atoms with E-state index in [0.29, 0.717) is 17.9 Å². The molecule has 0 aliphatic carbocycles. The number of benzene rings is 3. The molecule has 0 atom stereocenters. The number of para-hydroxylation sites is 2. The molecule has 5 heteroatoms. The van der Waals surface area contributed by atoms with E-state index < -0.39 is 0 Å². The first kappa shape index (κ1) is 20.7. The Labute approximate surface area is 182 Å². The van der Waals surface area contributed by atoms with E-state index in [2.05, 4.69) is 52.3 Å². The molecule has 0 saturated heterocycles. The normalized spacial score (nSPS) is 10.9. The number of fused-ring (bicyclic) bond motifs is 1. The molecule has 4 aromatic rings. The van der Waals surface area contributed by atoms with Crippen LogP contribution in [0.4, 0.5) is 0 Å². The molecule has 1 aromatic heterocycles. The molecule has 0 unspecified atom stereocenters. The first-order valence-electron chi connectivity index (χ1n) is 10.6. The average molecular weight is 414 g/mol. The van der Waals surface area contributed by atoms with Crippen LogP contribution in [-0.4, -0.2) is 29.1 Å². The number of nitrogens with one attached hydrogen (secondary N) is 1. The third kappa shape index (κ3) is 5.12. The third-order valence-corrected chi connectivity index (χ3v) is 5.40. The van der Waals surface area contributed by atoms with Crippen LogP contribution >= 0.6 is 0 Å². The number of imidazole rings is 1. The van der Waals surface area contributed by atoms with Gasteiger partial charge < -0.3 is 14.6 Å². The fraction of sp³-hybridized carbons (Fsp3) is 0.231. The van der Waals surface area contributed by atoms with Crippen LogP contribution in [0.3, 0.4) is 0 Å². The molecule has 0 saturated carbocycles. The minimum Gasteiger partial charge on any atom is -0.497 e. The van der Waals surface area contributed by atoms with E-state index in [1.807, 2.05) is 24.3 Å². The molecular formula is C26H27N3O2. The lowest BCUT2D eigenvalue weighted by Gasteiger charge is -2.10. The molecule has 31 heavy (non-hydrogen) atoms. The van der Waals surface area contributed by atoms with E-state index >= 15 is 0 Å². The molecule has 1 amide bonds. The number of carbonyl (C=O) groups excluding carboxylic acids is 1. The first-order chi connectivity index (χ1) is 15.2. The van der Waals surface area contributed by atoms with Gasteiger partial charge in [-0.1, -0.05) is 48.5 Å². The highest BCUT2D eigenvalue weighted by molar-refractivity contribution is 5.94. The SMILES string of the molecule is COc1cccc(C(=O)NCCCc2nc3ccccc3n2CCc2ccccc2)c1. The lowest BCUT2D eigenvalue weighted by atomic mass is 10.1. The van der Waals surface area contributed by atoms with Crippen molar-refractivity contribution >= 4 is 16.9 Å². The minimum atomic E-state index is -0.0866. The topological polar surface area (TPSA) is 56.1 Å². The summed E-state index contributed by atoms with van der Waals surface area (Å²) in [4.78, 5) is 17.3. The number of aryl methyl sites for hydroxylation is 3. The highest BCUT2D eigenvalue weighted by Gasteiger charge is 2.11. The van der Waals surface area contributed by atoms with Crippen LogP contribution in [0.25, 0.3) is 11.0 Å². The smallest absolute Gasteiger partial charge is 0.251 e. The van der Waals surface area contributed by atoms with Crippen LogP contribution in [0, 0.1) is 0 Å². The zero-order chi connectivity index (χ0) is 21.5. The van der Waals surface area contributed by atoms with E-state index in [9.17, 15) is 4.79 Å². The summed E-state index contributed by atoms with van der Waals surface area (Å²) < 4.78 is 7.51. The van der Waals surface area contributed by atoms with Crippen LogP contribution < -0.4 is 10.1 Å². The van der Waals surface area contributed by atoms with E-state index in [-0.39, 0.29) is 5.91 Å². The predicted octanol–water partition coefficient (Wildman–Crippen LogP) is 4.65. The Balaban J connectivity index is 1.39. The Morgan fingerprint density at radius 1 is 0.968 bits per heavy atom. The Bertz CT molecular complexity index is 1150. The lowest BCUT2D eigenvalue weighted by molar-refractivity contribution is 0.0953. The van der Waals surface area contributed by atoms with E-state index in [1.165, 1.54) is 5.56 Å². The predicted molar refractivity (Wildman–Crippen MR) is 124 cm³/mol. The molecule has 3 aromatic carbocycles. The fourth-order valence-corrected chi connectivity index (χ4v) is 3.77. The number of rotatable bonds is 9. The molecule has 5 nitrogen and oxygen atoms in total. The van der Waals surface area contributed by atoms with Gasteiger partial charge in [0.15, 0.2) is 0 Å². The maximum atomic E-state index is 12.4. The summed E-state index contributed by atoms with van der Waals surface area (Å²) >= 11 is 0. The summed E-state index contributed by atoms with van der Waals surface area (Å²) in [7, 11) is 1.60. The summed E-state index contributed by atoms with van der Waals surface area (Å²) in [5.41, 5.74) is 4.10. The third-order valence-electron chi connectivity index (χ3n) is 5.40. The second-order valence-electron chi connectivity index (χ2n) is 7.50. The van der Waals surface area contributed by atoms with Gasteiger partial charge in [-0.2, -0.15) is 0 Å². The van der Waals surface area contributed by atoms with Crippen LogP contribution in [0.2, 0.25) is 0 Å². The van der Waals surface area contributed by atoms with Crippen LogP contribution in [-0.2, 0) is 19.4 Å². The molecule has 4 rings (SSSR count). The number of hydrogen-bond acceptors (Lipinski definition) is 3. The molecule has 1 N–H and O–H groups in total. The molecule has 0 aliphatic rings. The molecule has 0 spiro atoms. The summed E-state index contributed by atoms with van der Waals surface area (Å²) in [6.07, 6.45) is 2.59. The van der Waals surface area contributed by atoms with E-state index in [0.717, 1.165) is 42.7 Å². The van der Waals surface area contributed by atoms with Gasteiger partial charge in [-0.15, -0.1) is 0 Å². The molecule has 0 bridgehead atoms. The Morgan fingerprint density at radius 3 is 2.61 bits per heavy atom. The maximum absolute atomic E-state index is 12.4. The first-order valence-corrected chi connectivity index (χ1v) is 10.6. The van der Waals surface area contributed by atoms with E-state index in [1.54, 1.807) is 19.2 Å². The zero-order valence-corrected chi connectivity index (χ0v) is 17.8. The van der Waals surface area contributed by atoms with Crippen molar-refractivity contribution in [1.82, 2.24) is 14.9 Å². The van der Waals surface area contributed by atoms with Crippen molar-refractivity contribution in [2.24, 2.45) is 0 Å². The van der Waals surface area contributed by atoms with E-state index in [4.69, 9.17) is 9.72 Å². The number of hydrogen-bond donors (Lipinski definition) is 1. The standard InChI is InChI=1S/C26H27N3O2/c1-31-22-12-7-11-21(19-22)26(30)27-17-8-15-25-28-23-13-5-6-14-24(23)29(25)18-16-20-9-3-2-4-10-20/h2-7,9-14,19H,8,15-18H2,1H3,(H,27,30). The lowest BCUT2D eigenvalue weighted by Crippen LogP contribution is -2.25. The minimum absolute atomic E-state index is 0.0866. The molecule has 1 heterocycles. The Morgan fingerprint density at radius 2 is 1.77 bits per heavy atom. The number of methoxy groups -OCH3 is 1. The fourth-order valence-electron chi connectivity index (χ4n) is 3.77. The van der Waals surface area contributed by atoms with Crippen molar-refractivity contribution in [2.45, 2.75) is 25.8 Å². The van der Waals surface area contributed by atoms with Gasteiger partial charge in [-0.05, 0) is 48.7 Å².